The number of unbranched alkanes of at least 4 members (excludes halogenated alkanes) is 5. The van der Waals surface area contributed by atoms with Crippen LogP contribution in [-0.4, -0.2) is 130 Å². The van der Waals surface area contributed by atoms with E-state index >= 15 is 0 Å². The molecule has 0 heterocycles. The van der Waals surface area contributed by atoms with Crippen molar-refractivity contribution in [3.8, 4) is 0 Å². The quantitative estimate of drug-likeness (QED) is 0.0414. The van der Waals surface area contributed by atoms with Gasteiger partial charge in [0.1, 0.15) is 0 Å². The number of hydrogen-bond donors (Lipinski definition) is 6. The maximum atomic E-state index is 11.7. The molecule has 0 aromatic heterocycles. The van der Waals surface area contributed by atoms with Crippen molar-refractivity contribution in [2.45, 2.75) is 64.2 Å². The van der Waals surface area contributed by atoms with Crippen LogP contribution in [0.15, 0.2) is 48.5 Å². The summed E-state index contributed by atoms with van der Waals surface area (Å²) in [7, 11) is 0. The van der Waals surface area contributed by atoms with E-state index in [1.165, 1.54) is 48.5 Å². The molecular weight excluding hydrogens is 683 g/mol. The van der Waals surface area contributed by atoms with E-state index in [2.05, 4.69) is 0 Å². The van der Waals surface area contributed by atoms with Crippen LogP contribution in [0.2, 0.25) is 0 Å². The molecule has 0 spiro atoms. The normalized spacial score (nSPS) is 9.92. The number of hydrogen-bond acceptors (Lipinski definition) is 15. The predicted molar refractivity (Wildman–Crippen MR) is 191 cm³/mol. The number of benzene rings is 2. The summed E-state index contributed by atoms with van der Waals surface area (Å²) >= 11 is 0. The monoisotopic (exact) mass is 739 g/mol. The minimum atomic E-state index is -0.458. The van der Waals surface area contributed by atoms with E-state index in [0.717, 1.165) is 12.8 Å². The Balaban J connectivity index is 0. The van der Waals surface area contributed by atoms with Crippen LogP contribution in [0, 0.1) is 0 Å². The van der Waals surface area contributed by atoms with Crippen molar-refractivity contribution in [2.75, 3.05) is 66.1 Å². The van der Waals surface area contributed by atoms with E-state index in [9.17, 15) is 19.2 Å². The number of aliphatic hydroxyl groups excluding tert-OH is 6. The van der Waals surface area contributed by atoms with Gasteiger partial charge in [-0.3, -0.25) is 0 Å². The van der Waals surface area contributed by atoms with Crippen molar-refractivity contribution < 1.29 is 73.5 Å². The summed E-state index contributed by atoms with van der Waals surface area (Å²) in [5.74, 6) is -1.83. The van der Waals surface area contributed by atoms with Gasteiger partial charge in [-0.05, 0) is 113 Å². The average Bonchev–Trinajstić information content (AvgIpc) is 3.18. The zero-order chi connectivity index (χ0) is 40.0. The molecule has 52 heavy (non-hydrogen) atoms. The second-order valence-electron chi connectivity index (χ2n) is 10.6. The fraction of sp³-hybridized carbons (Fsp3) is 0.556. The van der Waals surface area contributed by atoms with Crippen LogP contribution in [0.4, 0.5) is 0 Å². The predicted octanol–water partition coefficient (Wildman–Crippen LogP) is 2.07. The van der Waals surface area contributed by atoms with Crippen LogP contribution < -0.4 is 0 Å². The fourth-order valence-corrected chi connectivity index (χ4v) is 3.56. The molecule has 2 aromatic carbocycles. The minimum absolute atomic E-state index is 0. The van der Waals surface area contributed by atoms with Gasteiger partial charge in [0.05, 0.1) is 48.7 Å². The second-order valence-corrected chi connectivity index (χ2v) is 10.6. The summed E-state index contributed by atoms with van der Waals surface area (Å²) in [6.45, 7) is 1.73. The Bertz CT molecular complexity index is 1040. The summed E-state index contributed by atoms with van der Waals surface area (Å²) in [6.07, 6.45) is 6.25. The van der Waals surface area contributed by atoms with Gasteiger partial charge < -0.3 is 49.6 Å². The summed E-state index contributed by atoms with van der Waals surface area (Å²) < 4.78 is 34.1. The number of carbonyl (C=O) groups is 4. The van der Waals surface area contributed by atoms with Crippen molar-refractivity contribution in [3.05, 3.63) is 70.8 Å². The molecule has 0 aliphatic carbocycles. The molecule has 6 N–H and O–H groups in total. The average molecular weight is 740 g/mol. The van der Waals surface area contributed by atoms with E-state index in [1.807, 2.05) is 0 Å². The van der Waals surface area contributed by atoms with Crippen molar-refractivity contribution in [1.82, 2.24) is 0 Å². The summed E-state index contributed by atoms with van der Waals surface area (Å²) in [5.41, 5.74) is 1.45. The zero-order valence-corrected chi connectivity index (χ0v) is 29.7. The molecule has 0 saturated carbocycles. The van der Waals surface area contributed by atoms with Gasteiger partial charge in [-0.15, -0.1) is 0 Å². The van der Waals surface area contributed by atoms with Gasteiger partial charge in [-0.1, -0.05) is 0 Å². The third kappa shape index (κ3) is 26.7. The molecule has 15 nitrogen and oxygen atoms in total. The fourth-order valence-electron chi connectivity index (χ4n) is 3.56. The molecule has 292 valence electrons. The number of carbonyl (C=O) groups excluding carboxylic acids is 4. The molecule has 2 rings (SSSR count). The van der Waals surface area contributed by atoms with Gasteiger partial charge in [0.2, 0.25) is 0 Å². The molecule has 16 heteroatoms. The summed E-state index contributed by atoms with van der Waals surface area (Å²) in [5, 5.41) is 50.7. The van der Waals surface area contributed by atoms with Crippen LogP contribution >= 0.6 is 0 Å². The topological polar surface area (TPSA) is 244 Å². The molecule has 0 aliphatic rings. The molecule has 0 aliphatic heterocycles. The molecule has 0 radical (unpaired) electrons. The van der Waals surface area contributed by atoms with Crippen LogP contribution in [0.25, 0.3) is 0 Å². The zero-order valence-electron chi connectivity index (χ0n) is 30.7. The Morgan fingerprint density at radius 2 is 0.558 bits per heavy atom. The summed E-state index contributed by atoms with van der Waals surface area (Å²) in [6, 6.07) is 12.1. The first kappa shape index (κ1) is 47.9. The third-order valence-electron chi connectivity index (χ3n) is 6.42. The number of esters is 4. The Hall–Kier alpha value is -4.06. The molecule has 2 aromatic rings. The first-order valence-electron chi connectivity index (χ1n) is 17.6. The van der Waals surface area contributed by atoms with E-state index in [4.69, 9.17) is 55.6 Å². The standard InChI is InChI=1S/2C16H22O6.C4H10O2.BHO/c2*17-9-1-3-11-21-15(19)13-5-7-14(8-6-13)16(20)22-12-4-2-10-18;5-3-1-2-4-6;1-2/h2*5-8,17-18H,1-4,9-12H2;5-6H,1-4H2;1H/i;;;1D. The molecule has 0 fully saturated rings. The van der Waals surface area contributed by atoms with Gasteiger partial charge in [0.15, 0.2) is 0 Å². The van der Waals surface area contributed by atoms with Crippen LogP contribution in [0.5, 0.6) is 0 Å². The third-order valence-corrected chi connectivity index (χ3v) is 6.42. The van der Waals surface area contributed by atoms with Gasteiger partial charge in [-0.2, -0.15) is 0 Å². The number of aliphatic hydroxyl groups is 6. The number of rotatable bonds is 23. The maximum absolute atomic E-state index is 11.7. The van der Waals surface area contributed by atoms with E-state index in [0.29, 0.717) is 73.6 Å². The van der Waals surface area contributed by atoms with Crippen LogP contribution in [-0.2, 0) is 23.7 Å². The molecule has 0 atom stereocenters. The van der Waals surface area contributed by atoms with Crippen molar-refractivity contribution >= 4 is 31.6 Å². The Labute approximate surface area is 307 Å². The van der Waals surface area contributed by atoms with Gasteiger partial charge in [0.25, 0.3) is 0 Å². The Kier molecular flexibility index (Phi) is 33.9. The van der Waals surface area contributed by atoms with Crippen molar-refractivity contribution in [3.63, 3.8) is 0 Å². The van der Waals surface area contributed by atoms with E-state index < -0.39 is 23.9 Å². The SMILES string of the molecule is O=C(OCCCCO)c1ccc(C(=O)OCCCCO)cc1.O=C(OCCCCO)c1ccc(C(=O)OCCCCO)cc1.OCCCCO.[2H]B=O. The van der Waals surface area contributed by atoms with Crippen molar-refractivity contribution in [1.29, 1.82) is 1.34 Å². The first-order chi connectivity index (χ1) is 25.7. The Morgan fingerprint density at radius 3 is 0.712 bits per heavy atom. The second kappa shape index (κ2) is 36.7. The van der Waals surface area contributed by atoms with Gasteiger partial charge in [-0.25, -0.2) is 19.2 Å². The van der Waals surface area contributed by atoms with E-state index in [-0.39, 0.29) is 73.7 Å². The Morgan fingerprint density at radius 1 is 0.404 bits per heavy atom. The van der Waals surface area contributed by atoms with Gasteiger partial charge >= 0.3 is 37.6 Å². The van der Waals surface area contributed by atoms with Crippen LogP contribution in [0.1, 0.15) is 106 Å². The van der Waals surface area contributed by atoms with Gasteiger partial charge in [0, 0.05) is 39.6 Å². The summed E-state index contributed by atoms with van der Waals surface area (Å²) in [4.78, 5) is 46.8. The van der Waals surface area contributed by atoms with Crippen LogP contribution in [0.3, 0.4) is 0 Å². The first-order valence-corrected chi connectivity index (χ1v) is 17.1. The molecule has 0 bridgehead atoms. The molecule has 0 saturated heterocycles. The van der Waals surface area contributed by atoms with Crippen molar-refractivity contribution in [2.24, 2.45) is 0 Å². The molecular formula is C36H55BO15. The molecule has 0 unspecified atom stereocenters. The number of ether oxygens (including phenoxy) is 4. The van der Waals surface area contributed by atoms with E-state index in [1.54, 1.807) is 0 Å². The molecule has 0 amide bonds.